The molecule has 164 valence electrons. The summed E-state index contributed by atoms with van der Waals surface area (Å²) in [6, 6.07) is 10.9. The number of aryl methyl sites for hydroxylation is 1. The normalized spacial score (nSPS) is 15.0. The number of fused-ring (bicyclic) bond motifs is 1. The summed E-state index contributed by atoms with van der Waals surface area (Å²) in [4.78, 5) is 29.1. The topological polar surface area (TPSA) is 77.5 Å². The van der Waals surface area contributed by atoms with E-state index in [1.54, 1.807) is 37.3 Å². The monoisotopic (exact) mass is 426 g/mol. The SMILES string of the molecule is COc1ccc(CCC(=O)N2CCN(C(=O)c3ccc4c(c3)OCO4)CC2)cc1OC. The van der Waals surface area contributed by atoms with Crippen molar-refractivity contribution >= 4 is 11.8 Å². The number of rotatable bonds is 6. The second-order valence-corrected chi connectivity index (χ2v) is 7.43. The molecule has 2 aliphatic heterocycles. The van der Waals surface area contributed by atoms with Gasteiger partial charge in [-0.05, 0) is 42.3 Å². The van der Waals surface area contributed by atoms with Crippen LogP contribution in [0.2, 0.25) is 0 Å². The minimum Gasteiger partial charge on any atom is -0.493 e. The van der Waals surface area contributed by atoms with Crippen molar-refractivity contribution < 1.29 is 28.5 Å². The van der Waals surface area contributed by atoms with E-state index in [2.05, 4.69) is 0 Å². The lowest BCUT2D eigenvalue weighted by atomic mass is 10.1. The van der Waals surface area contributed by atoms with Crippen molar-refractivity contribution in [3.05, 3.63) is 47.5 Å². The van der Waals surface area contributed by atoms with Gasteiger partial charge in [0.05, 0.1) is 14.2 Å². The average Bonchev–Trinajstić information content (AvgIpc) is 3.30. The van der Waals surface area contributed by atoms with E-state index < -0.39 is 0 Å². The largest absolute Gasteiger partial charge is 0.493 e. The Balaban J connectivity index is 1.28. The number of methoxy groups -OCH3 is 2. The van der Waals surface area contributed by atoms with Crippen LogP contribution in [-0.2, 0) is 11.2 Å². The van der Waals surface area contributed by atoms with E-state index in [1.807, 2.05) is 23.1 Å². The fourth-order valence-electron chi connectivity index (χ4n) is 3.82. The first kappa shape index (κ1) is 20.8. The number of benzene rings is 2. The molecular weight excluding hydrogens is 400 g/mol. The van der Waals surface area contributed by atoms with Gasteiger partial charge in [-0.15, -0.1) is 0 Å². The Hall–Kier alpha value is -3.42. The first-order valence-corrected chi connectivity index (χ1v) is 10.3. The molecule has 2 aromatic carbocycles. The zero-order chi connectivity index (χ0) is 21.8. The minimum absolute atomic E-state index is 0.0595. The van der Waals surface area contributed by atoms with Gasteiger partial charge in [0.15, 0.2) is 23.0 Å². The Kier molecular flexibility index (Phi) is 6.16. The molecule has 1 fully saturated rings. The van der Waals surface area contributed by atoms with Crippen LogP contribution in [-0.4, -0.2) is 68.8 Å². The van der Waals surface area contributed by atoms with Crippen molar-refractivity contribution in [3.63, 3.8) is 0 Å². The fraction of sp³-hybridized carbons (Fsp3) is 0.391. The van der Waals surface area contributed by atoms with Gasteiger partial charge in [-0.2, -0.15) is 0 Å². The smallest absolute Gasteiger partial charge is 0.254 e. The highest BCUT2D eigenvalue weighted by atomic mass is 16.7. The molecule has 8 nitrogen and oxygen atoms in total. The highest BCUT2D eigenvalue weighted by Crippen LogP contribution is 2.33. The molecule has 1 saturated heterocycles. The lowest BCUT2D eigenvalue weighted by Gasteiger charge is -2.35. The molecule has 0 radical (unpaired) electrons. The maximum absolute atomic E-state index is 12.8. The molecule has 0 saturated carbocycles. The summed E-state index contributed by atoms with van der Waals surface area (Å²) >= 11 is 0. The lowest BCUT2D eigenvalue weighted by Crippen LogP contribution is -2.50. The molecule has 0 atom stereocenters. The van der Waals surface area contributed by atoms with E-state index in [-0.39, 0.29) is 18.6 Å². The first-order chi connectivity index (χ1) is 15.1. The summed E-state index contributed by atoms with van der Waals surface area (Å²) in [5, 5.41) is 0. The predicted octanol–water partition coefficient (Wildman–Crippen LogP) is 2.35. The molecule has 0 spiro atoms. The highest BCUT2D eigenvalue weighted by molar-refractivity contribution is 5.95. The van der Waals surface area contributed by atoms with Crippen LogP contribution in [0, 0.1) is 0 Å². The minimum atomic E-state index is -0.0595. The van der Waals surface area contributed by atoms with Crippen molar-refractivity contribution in [2.45, 2.75) is 12.8 Å². The molecule has 0 aliphatic carbocycles. The summed E-state index contributed by atoms with van der Waals surface area (Å²) in [6.45, 7) is 2.25. The van der Waals surface area contributed by atoms with Gasteiger partial charge in [0.2, 0.25) is 12.7 Å². The third-order valence-corrected chi connectivity index (χ3v) is 5.61. The summed E-state index contributed by atoms with van der Waals surface area (Å²) in [5.74, 6) is 2.60. The summed E-state index contributed by atoms with van der Waals surface area (Å²) in [6.07, 6.45) is 1.03. The molecular formula is C23H26N2O6. The van der Waals surface area contributed by atoms with Crippen LogP contribution in [0.3, 0.4) is 0 Å². The molecule has 0 aromatic heterocycles. The Morgan fingerprint density at radius 3 is 2.32 bits per heavy atom. The molecule has 4 rings (SSSR count). The van der Waals surface area contributed by atoms with Gasteiger partial charge in [0, 0.05) is 38.2 Å². The quantitative estimate of drug-likeness (QED) is 0.706. The van der Waals surface area contributed by atoms with Crippen molar-refractivity contribution in [3.8, 4) is 23.0 Å². The van der Waals surface area contributed by atoms with E-state index in [0.717, 1.165) is 5.56 Å². The number of ether oxygens (including phenoxy) is 4. The predicted molar refractivity (Wildman–Crippen MR) is 113 cm³/mol. The molecule has 31 heavy (non-hydrogen) atoms. The van der Waals surface area contributed by atoms with Crippen molar-refractivity contribution in [2.24, 2.45) is 0 Å². The van der Waals surface area contributed by atoms with Crippen LogP contribution in [0.25, 0.3) is 0 Å². The van der Waals surface area contributed by atoms with Crippen LogP contribution in [0.4, 0.5) is 0 Å². The van der Waals surface area contributed by atoms with Crippen LogP contribution >= 0.6 is 0 Å². The standard InChI is InChI=1S/C23H26N2O6/c1-28-18-6-3-16(13-20(18)29-2)4-8-22(26)24-9-11-25(12-10-24)23(27)17-5-7-19-21(14-17)31-15-30-19/h3,5-7,13-14H,4,8-12,15H2,1-2H3. The summed E-state index contributed by atoms with van der Waals surface area (Å²) < 4.78 is 21.2. The molecule has 0 bridgehead atoms. The number of carbonyl (C=O) groups excluding carboxylic acids is 2. The van der Waals surface area contributed by atoms with Crippen molar-refractivity contribution in [1.29, 1.82) is 0 Å². The van der Waals surface area contributed by atoms with Gasteiger partial charge < -0.3 is 28.7 Å². The number of amides is 2. The van der Waals surface area contributed by atoms with Crippen LogP contribution < -0.4 is 18.9 Å². The average molecular weight is 426 g/mol. The van der Waals surface area contributed by atoms with E-state index in [4.69, 9.17) is 18.9 Å². The van der Waals surface area contributed by atoms with Crippen molar-refractivity contribution in [2.75, 3.05) is 47.2 Å². The van der Waals surface area contributed by atoms with Gasteiger partial charge >= 0.3 is 0 Å². The molecule has 2 amide bonds. The molecule has 2 aliphatic rings. The zero-order valence-electron chi connectivity index (χ0n) is 17.8. The fourth-order valence-corrected chi connectivity index (χ4v) is 3.82. The Bertz CT molecular complexity index is 969. The second kappa shape index (κ2) is 9.16. The molecule has 2 heterocycles. The van der Waals surface area contributed by atoms with E-state index in [9.17, 15) is 9.59 Å². The highest BCUT2D eigenvalue weighted by Gasteiger charge is 2.26. The summed E-state index contributed by atoms with van der Waals surface area (Å²) in [5.41, 5.74) is 1.58. The third kappa shape index (κ3) is 4.52. The van der Waals surface area contributed by atoms with Crippen LogP contribution in [0.5, 0.6) is 23.0 Å². The lowest BCUT2D eigenvalue weighted by molar-refractivity contribution is -0.132. The van der Waals surface area contributed by atoms with Gasteiger partial charge in [-0.1, -0.05) is 6.07 Å². The number of piperazine rings is 1. The van der Waals surface area contributed by atoms with Gasteiger partial charge in [0.1, 0.15) is 0 Å². The van der Waals surface area contributed by atoms with Gasteiger partial charge in [-0.25, -0.2) is 0 Å². The van der Waals surface area contributed by atoms with Crippen LogP contribution in [0.15, 0.2) is 36.4 Å². The molecule has 8 heteroatoms. The maximum Gasteiger partial charge on any atom is 0.254 e. The zero-order valence-corrected chi connectivity index (χ0v) is 17.8. The molecule has 0 unspecified atom stereocenters. The molecule has 2 aromatic rings. The second-order valence-electron chi connectivity index (χ2n) is 7.43. The van der Waals surface area contributed by atoms with Crippen LogP contribution in [0.1, 0.15) is 22.3 Å². The van der Waals surface area contributed by atoms with Crippen molar-refractivity contribution in [1.82, 2.24) is 9.80 Å². The Morgan fingerprint density at radius 1 is 0.871 bits per heavy atom. The Morgan fingerprint density at radius 2 is 1.58 bits per heavy atom. The molecule has 0 N–H and O–H groups in total. The van der Waals surface area contributed by atoms with Gasteiger partial charge in [0.25, 0.3) is 5.91 Å². The van der Waals surface area contributed by atoms with E-state index in [1.165, 1.54) is 0 Å². The first-order valence-electron chi connectivity index (χ1n) is 10.3. The number of hydrogen-bond donors (Lipinski definition) is 0. The maximum atomic E-state index is 12.8. The van der Waals surface area contributed by atoms with E-state index >= 15 is 0 Å². The van der Waals surface area contributed by atoms with E-state index in [0.29, 0.717) is 67.6 Å². The number of carbonyl (C=O) groups is 2. The summed E-state index contributed by atoms with van der Waals surface area (Å²) in [7, 11) is 3.19. The number of hydrogen-bond acceptors (Lipinski definition) is 6. The third-order valence-electron chi connectivity index (χ3n) is 5.61. The number of nitrogens with zero attached hydrogens (tertiary/aromatic N) is 2. The van der Waals surface area contributed by atoms with Gasteiger partial charge in [-0.3, -0.25) is 9.59 Å². The Labute approximate surface area is 181 Å².